The number of thiazole rings is 1. The van der Waals surface area contributed by atoms with Crippen LogP contribution in [0.25, 0.3) is 0 Å². The van der Waals surface area contributed by atoms with Gasteiger partial charge in [0.15, 0.2) is 5.82 Å². The molecule has 6 nitrogen and oxygen atoms in total. The van der Waals surface area contributed by atoms with Gasteiger partial charge < -0.3 is 9.42 Å². The van der Waals surface area contributed by atoms with Crippen molar-refractivity contribution in [1.29, 1.82) is 0 Å². The van der Waals surface area contributed by atoms with Crippen LogP contribution in [0.4, 0.5) is 0 Å². The third-order valence-electron chi connectivity index (χ3n) is 2.65. The molecule has 0 saturated heterocycles. The Bertz CT molecular complexity index is 591. The Balaban J connectivity index is 2.01. The van der Waals surface area contributed by atoms with E-state index in [9.17, 15) is 4.79 Å². The molecule has 0 aromatic carbocycles. The zero-order valence-corrected chi connectivity index (χ0v) is 12.9. The zero-order chi connectivity index (χ0) is 14.7. The number of hydrogen-bond acceptors (Lipinski definition) is 6. The van der Waals surface area contributed by atoms with E-state index >= 15 is 0 Å². The van der Waals surface area contributed by atoms with Gasteiger partial charge >= 0.3 is 0 Å². The molecule has 0 aliphatic heterocycles. The number of rotatable bonds is 5. The summed E-state index contributed by atoms with van der Waals surface area (Å²) in [5.41, 5.74) is 0.480. The molecule has 0 aliphatic carbocycles. The van der Waals surface area contributed by atoms with Gasteiger partial charge in [0.1, 0.15) is 5.69 Å². The Hall–Kier alpha value is -1.76. The number of carbonyl (C=O) groups is 1. The number of aryl methyl sites for hydroxylation is 1. The highest BCUT2D eigenvalue weighted by Gasteiger charge is 2.17. The van der Waals surface area contributed by atoms with Crippen LogP contribution >= 0.6 is 11.3 Å². The molecule has 0 spiro atoms. The van der Waals surface area contributed by atoms with E-state index in [-0.39, 0.29) is 5.91 Å². The molecule has 2 heterocycles. The fourth-order valence-electron chi connectivity index (χ4n) is 1.74. The molecule has 0 bridgehead atoms. The first-order chi connectivity index (χ1) is 9.45. The first kappa shape index (κ1) is 14.6. The minimum absolute atomic E-state index is 0.126. The predicted octanol–water partition coefficient (Wildman–Crippen LogP) is 2.31. The molecular weight excluding hydrogens is 276 g/mol. The third kappa shape index (κ3) is 3.63. The van der Waals surface area contributed by atoms with Crippen molar-refractivity contribution in [2.75, 3.05) is 7.05 Å². The van der Waals surface area contributed by atoms with E-state index < -0.39 is 0 Å². The second-order valence-corrected chi connectivity index (χ2v) is 6.06. The van der Waals surface area contributed by atoms with Crippen LogP contribution < -0.4 is 0 Å². The van der Waals surface area contributed by atoms with Gasteiger partial charge in [-0.1, -0.05) is 19.0 Å². The highest BCUT2D eigenvalue weighted by atomic mass is 32.1. The van der Waals surface area contributed by atoms with E-state index in [1.54, 1.807) is 24.3 Å². The minimum atomic E-state index is -0.126. The quantitative estimate of drug-likeness (QED) is 0.846. The highest BCUT2D eigenvalue weighted by molar-refractivity contribution is 7.09. The maximum Gasteiger partial charge on any atom is 0.273 e. The Morgan fingerprint density at radius 1 is 1.45 bits per heavy atom. The predicted molar refractivity (Wildman–Crippen MR) is 75.5 cm³/mol. The molecule has 1 amide bonds. The number of carbonyl (C=O) groups excluding carboxylic acids is 1. The monoisotopic (exact) mass is 294 g/mol. The number of hydrogen-bond donors (Lipinski definition) is 0. The lowest BCUT2D eigenvalue weighted by Gasteiger charge is -2.12. The summed E-state index contributed by atoms with van der Waals surface area (Å²) in [6, 6.07) is 0. The number of amides is 1. The van der Waals surface area contributed by atoms with Crippen LogP contribution in [-0.2, 0) is 13.0 Å². The molecule has 0 atom stereocenters. The average Bonchev–Trinajstić information content (AvgIpc) is 2.97. The molecule has 7 heteroatoms. The number of nitrogens with zero attached hydrogens (tertiary/aromatic N) is 4. The maximum atomic E-state index is 12.2. The van der Waals surface area contributed by atoms with Crippen LogP contribution in [0.3, 0.4) is 0 Å². The average molecular weight is 294 g/mol. The molecule has 20 heavy (non-hydrogen) atoms. The summed E-state index contributed by atoms with van der Waals surface area (Å²) in [5.74, 6) is 1.40. The van der Waals surface area contributed by atoms with Gasteiger partial charge in [0.2, 0.25) is 5.89 Å². The lowest BCUT2D eigenvalue weighted by Crippen LogP contribution is -2.27. The van der Waals surface area contributed by atoms with Crippen molar-refractivity contribution in [1.82, 2.24) is 20.0 Å². The maximum absolute atomic E-state index is 12.2. The highest BCUT2D eigenvalue weighted by Crippen LogP contribution is 2.15. The van der Waals surface area contributed by atoms with Gasteiger partial charge in [-0.05, 0) is 5.92 Å². The molecule has 0 N–H and O–H groups in total. The standard InChI is InChI=1S/C13H18N4O2S/c1-8(2)5-12-15-10(7-20-12)13(18)17(4)6-11-14-9(3)19-16-11/h7-8H,5-6H2,1-4H3. The smallest absolute Gasteiger partial charge is 0.273 e. The Labute approximate surface area is 121 Å². The molecular formula is C13H18N4O2S. The van der Waals surface area contributed by atoms with Gasteiger partial charge in [0, 0.05) is 25.8 Å². The fraction of sp³-hybridized carbons (Fsp3) is 0.538. The largest absolute Gasteiger partial charge is 0.340 e. The molecule has 2 aromatic rings. The summed E-state index contributed by atoms with van der Waals surface area (Å²) in [6.45, 7) is 6.30. The van der Waals surface area contributed by atoms with E-state index in [1.807, 2.05) is 0 Å². The number of aromatic nitrogens is 3. The van der Waals surface area contributed by atoms with Crippen molar-refractivity contribution in [3.8, 4) is 0 Å². The first-order valence-corrected chi connectivity index (χ1v) is 7.32. The summed E-state index contributed by atoms with van der Waals surface area (Å²) in [6.07, 6.45) is 0.895. The van der Waals surface area contributed by atoms with Crippen LogP contribution in [0.2, 0.25) is 0 Å². The Morgan fingerprint density at radius 3 is 2.80 bits per heavy atom. The third-order valence-corrected chi connectivity index (χ3v) is 3.52. The molecule has 0 aliphatic rings. The Morgan fingerprint density at radius 2 is 2.20 bits per heavy atom. The van der Waals surface area contributed by atoms with Crippen molar-refractivity contribution >= 4 is 17.2 Å². The molecule has 2 aromatic heterocycles. The fourth-order valence-corrected chi connectivity index (χ4v) is 2.72. The van der Waals surface area contributed by atoms with E-state index in [0.717, 1.165) is 11.4 Å². The molecule has 0 saturated carbocycles. The summed E-state index contributed by atoms with van der Waals surface area (Å²) in [7, 11) is 1.70. The summed E-state index contributed by atoms with van der Waals surface area (Å²) < 4.78 is 4.89. The zero-order valence-electron chi connectivity index (χ0n) is 12.1. The van der Waals surface area contributed by atoms with Crippen LogP contribution in [0, 0.1) is 12.8 Å². The molecule has 0 fully saturated rings. The molecule has 108 valence electrons. The van der Waals surface area contributed by atoms with E-state index in [0.29, 0.717) is 29.9 Å². The first-order valence-electron chi connectivity index (χ1n) is 6.44. The van der Waals surface area contributed by atoms with Crippen molar-refractivity contribution in [2.24, 2.45) is 5.92 Å². The topological polar surface area (TPSA) is 72.1 Å². The summed E-state index contributed by atoms with van der Waals surface area (Å²) >= 11 is 1.53. The van der Waals surface area contributed by atoms with Crippen molar-refractivity contribution in [2.45, 2.75) is 33.7 Å². The molecule has 0 radical (unpaired) electrons. The van der Waals surface area contributed by atoms with Gasteiger partial charge in [-0.25, -0.2) is 4.98 Å². The van der Waals surface area contributed by atoms with Gasteiger partial charge in [-0.15, -0.1) is 11.3 Å². The van der Waals surface area contributed by atoms with Crippen LogP contribution in [0.15, 0.2) is 9.90 Å². The summed E-state index contributed by atoms with van der Waals surface area (Å²) in [4.78, 5) is 22.2. The van der Waals surface area contributed by atoms with Crippen LogP contribution in [-0.4, -0.2) is 33.0 Å². The van der Waals surface area contributed by atoms with Gasteiger partial charge in [-0.2, -0.15) is 4.98 Å². The Kier molecular flexibility index (Phi) is 4.49. The summed E-state index contributed by atoms with van der Waals surface area (Å²) in [5, 5.41) is 6.57. The van der Waals surface area contributed by atoms with Crippen molar-refractivity contribution in [3.05, 3.63) is 27.8 Å². The molecule has 2 rings (SSSR count). The molecule has 0 unspecified atom stereocenters. The van der Waals surface area contributed by atoms with E-state index in [2.05, 4.69) is 29.0 Å². The van der Waals surface area contributed by atoms with Gasteiger partial charge in [0.25, 0.3) is 5.91 Å². The SMILES string of the molecule is Cc1nc(CN(C)C(=O)c2csc(CC(C)C)n2)no1. The minimum Gasteiger partial charge on any atom is -0.340 e. The van der Waals surface area contributed by atoms with Crippen LogP contribution in [0.5, 0.6) is 0 Å². The normalized spacial score (nSPS) is 11.1. The van der Waals surface area contributed by atoms with Crippen LogP contribution in [0.1, 0.15) is 41.1 Å². The second-order valence-electron chi connectivity index (χ2n) is 5.12. The lowest BCUT2D eigenvalue weighted by molar-refractivity contribution is 0.0775. The second kappa shape index (κ2) is 6.13. The van der Waals surface area contributed by atoms with Crippen molar-refractivity contribution in [3.63, 3.8) is 0 Å². The van der Waals surface area contributed by atoms with E-state index in [1.165, 1.54) is 11.3 Å². The lowest BCUT2D eigenvalue weighted by atomic mass is 10.1. The van der Waals surface area contributed by atoms with Gasteiger partial charge in [0.05, 0.1) is 11.6 Å². The van der Waals surface area contributed by atoms with Crippen molar-refractivity contribution < 1.29 is 9.32 Å². The van der Waals surface area contributed by atoms with E-state index in [4.69, 9.17) is 4.52 Å². The van der Waals surface area contributed by atoms with Gasteiger partial charge in [-0.3, -0.25) is 4.79 Å².